The molecule has 4 aromatic carbocycles. The number of likely N-dealkylation sites (tertiary alicyclic amines) is 2. The summed E-state index contributed by atoms with van der Waals surface area (Å²) >= 11 is 0. The van der Waals surface area contributed by atoms with E-state index < -0.39 is 0 Å². The van der Waals surface area contributed by atoms with Gasteiger partial charge in [0.05, 0.1) is 23.5 Å². The number of hydrogen-bond donors (Lipinski definition) is 0. The topological polar surface area (TPSA) is 98.7 Å². The second kappa shape index (κ2) is 14.9. The molecule has 0 N–H and O–H groups in total. The van der Waals surface area contributed by atoms with E-state index in [1.807, 2.05) is 34.3 Å². The van der Waals surface area contributed by atoms with Gasteiger partial charge < -0.3 is 19.6 Å². The summed E-state index contributed by atoms with van der Waals surface area (Å²) in [4.78, 5) is 51.2. The van der Waals surface area contributed by atoms with Crippen LogP contribution in [0.1, 0.15) is 38.5 Å². The zero-order valence-corrected chi connectivity index (χ0v) is 30.4. The normalized spacial score (nSPS) is 20.0. The first kappa shape index (κ1) is 33.9. The van der Waals surface area contributed by atoms with Gasteiger partial charge >= 0.3 is 0 Å². The molecule has 0 bridgehead atoms. The van der Waals surface area contributed by atoms with E-state index in [4.69, 9.17) is 9.97 Å². The molecule has 2 atom stereocenters. The molecule has 0 unspecified atom stereocenters. The van der Waals surface area contributed by atoms with Crippen LogP contribution in [-0.2, 0) is 9.59 Å². The predicted octanol–water partition coefficient (Wildman–Crippen LogP) is 7.00. The third-order valence-corrected chi connectivity index (χ3v) is 11.4. The van der Waals surface area contributed by atoms with Gasteiger partial charge in [-0.3, -0.25) is 9.59 Å². The molecule has 10 rings (SSSR count). The van der Waals surface area contributed by atoms with Gasteiger partial charge in [-0.05, 0) is 71.5 Å². The van der Waals surface area contributed by atoms with Crippen molar-refractivity contribution in [2.75, 3.05) is 49.1 Å². The maximum atomic E-state index is 12.0. The summed E-state index contributed by atoms with van der Waals surface area (Å²) in [6.45, 7) is 5.25. The van der Waals surface area contributed by atoms with Gasteiger partial charge in [-0.1, -0.05) is 72.8 Å². The summed E-state index contributed by atoms with van der Waals surface area (Å²) in [5.74, 6) is 2.12. The lowest BCUT2D eigenvalue weighted by Crippen LogP contribution is -2.38. The summed E-state index contributed by atoms with van der Waals surface area (Å²) in [6, 6.07) is 34.1. The van der Waals surface area contributed by atoms with Crippen LogP contribution in [0.15, 0.2) is 109 Å². The van der Waals surface area contributed by atoms with Crippen molar-refractivity contribution in [1.29, 1.82) is 0 Å². The highest BCUT2D eigenvalue weighted by Gasteiger charge is 2.35. The Morgan fingerprint density at radius 2 is 0.944 bits per heavy atom. The lowest BCUT2D eigenvalue weighted by Gasteiger charge is -2.24. The van der Waals surface area contributed by atoms with E-state index in [9.17, 15) is 9.59 Å². The average molecular weight is 717 g/mol. The van der Waals surface area contributed by atoms with E-state index in [0.717, 1.165) is 99.4 Å². The molecule has 54 heavy (non-hydrogen) atoms. The van der Waals surface area contributed by atoms with Gasteiger partial charge in [0.25, 0.3) is 0 Å². The summed E-state index contributed by atoms with van der Waals surface area (Å²) in [7, 11) is 0. The second-order valence-corrected chi connectivity index (χ2v) is 14.8. The minimum Gasteiger partial charge on any atom is -0.339 e. The van der Waals surface area contributed by atoms with Gasteiger partial charge in [-0.15, -0.1) is 0 Å². The number of fused-ring (bicyclic) bond motifs is 2. The molecule has 10 nitrogen and oxygen atoms in total. The smallest absolute Gasteiger partial charge is 0.225 e. The van der Waals surface area contributed by atoms with E-state index >= 15 is 0 Å². The fraction of sp³-hybridized carbons (Fsp3) is 0.318. The molecule has 4 saturated heterocycles. The van der Waals surface area contributed by atoms with Crippen LogP contribution in [0, 0.1) is 0 Å². The van der Waals surface area contributed by atoms with Gasteiger partial charge in [-0.25, -0.2) is 19.9 Å². The molecule has 4 fully saturated rings. The fourth-order valence-electron chi connectivity index (χ4n) is 8.49. The van der Waals surface area contributed by atoms with Crippen molar-refractivity contribution in [3.05, 3.63) is 109 Å². The highest BCUT2D eigenvalue weighted by Crippen LogP contribution is 2.29. The largest absolute Gasteiger partial charge is 0.339 e. The van der Waals surface area contributed by atoms with Crippen LogP contribution in [0.2, 0.25) is 0 Å². The number of amides is 2. The second-order valence-electron chi connectivity index (χ2n) is 14.8. The SMILES string of the molecule is O=C1CCCN1[C@@H]1CCN(c2nccc(-c3ccc4ccccc4c3)n2)C1.O=C1CCCN1[C@@H]1CCN(c2nccc(-c3ccc4ccccc4c3)n2)C1. The summed E-state index contributed by atoms with van der Waals surface area (Å²) < 4.78 is 0. The Hall–Kier alpha value is -5.90. The van der Waals surface area contributed by atoms with E-state index in [0.29, 0.717) is 36.7 Å². The lowest BCUT2D eigenvalue weighted by atomic mass is 10.1. The Balaban J connectivity index is 0.000000142. The van der Waals surface area contributed by atoms with E-state index in [2.05, 4.69) is 105 Å². The minimum atomic E-state index is 0.299. The van der Waals surface area contributed by atoms with Crippen LogP contribution in [0.25, 0.3) is 44.1 Å². The van der Waals surface area contributed by atoms with Crippen LogP contribution >= 0.6 is 0 Å². The highest BCUT2D eigenvalue weighted by atomic mass is 16.2. The van der Waals surface area contributed by atoms with Crippen LogP contribution in [-0.4, -0.2) is 92.9 Å². The van der Waals surface area contributed by atoms with Gasteiger partial charge in [0.1, 0.15) is 0 Å². The van der Waals surface area contributed by atoms with Gasteiger partial charge in [0, 0.05) is 75.6 Å². The van der Waals surface area contributed by atoms with E-state index in [-0.39, 0.29) is 0 Å². The maximum Gasteiger partial charge on any atom is 0.225 e. The molecular formula is C44H44N8O2. The number of anilines is 2. The van der Waals surface area contributed by atoms with Crippen molar-refractivity contribution in [3.63, 3.8) is 0 Å². The Morgan fingerprint density at radius 1 is 0.500 bits per heavy atom. The van der Waals surface area contributed by atoms with Crippen LogP contribution in [0.3, 0.4) is 0 Å². The Morgan fingerprint density at radius 3 is 1.37 bits per heavy atom. The molecule has 0 saturated carbocycles. The average Bonchev–Trinajstić information content (AvgIpc) is 4.06. The van der Waals surface area contributed by atoms with Gasteiger partial charge in [0.2, 0.25) is 23.7 Å². The molecule has 0 aliphatic carbocycles. The first-order valence-corrected chi connectivity index (χ1v) is 19.3. The molecule has 10 heteroatoms. The van der Waals surface area contributed by atoms with Crippen molar-refractivity contribution in [3.8, 4) is 22.5 Å². The number of nitrogens with zero attached hydrogens (tertiary/aromatic N) is 8. The first-order valence-electron chi connectivity index (χ1n) is 19.3. The number of carbonyl (C=O) groups excluding carboxylic acids is 2. The van der Waals surface area contributed by atoms with Crippen molar-refractivity contribution in [1.82, 2.24) is 29.7 Å². The zero-order chi connectivity index (χ0) is 36.4. The van der Waals surface area contributed by atoms with E-state index in [1.165, 1.54) is 21.5 Å². The lowest BCUT2D eigenvalue weighted by molar-refractivity contribution is -0.130. The number of carbonyl (C=O) groups is 2. The molecule has 4 aliphatic heterocycles. The third kappa shape index (κ3) is 6.96. The monoisotopic (exact) mass is 716 g/mol. The molecule has 0 spiro atoms. The van der Waals surface area contributed by atoms with Crippen molar-refractivity contribution in [2.24, 2.45) is 0 Å². The molecular weight excluding hydrogens is 673 g/mol. The number of aromatic nitrogens is 4. The fourth-order valence-corrected chi connectivity index (χ4v) is 8.49. The van der Waals surface area contributed by atoms with Gasteiger partial charge in [0.15, 0.2) is 0 Å². The Kier molecular flexibility index (Phi) is 9.32. The van der Waals surface area contributed by atoms with Gasteiger partial charge in [-0.2, -0.15) is 0 Å². The van der Waals surface area contributed by atoms with Crippen molar-refractivity contribution >= 4 is 45.3 Å². The quantitative estimate of drug-likeness (QED) is 0.182. The highest BCUT2D eigenvalue weighted by molar-refractivity contribution is 5.88. The van der Waals surface area contributed by atoms with Crippen LogP contribution in [0.4, 0.5) is 11.9 Å². The molecule has 2 aromatic heterocycles. The standard InChI is InChI=1S/2C22H22N4O/c2*27-21-6-3-12-26(21)19-10-13-25(15-19)22-23-11-9-20(24-22)18-8-7-16-4-1-2-5-17(16)14-18/h2*1-2,4-5,7-9,11,14,19H,3,6,10,12-13,15H2/t2*19-/m11/s1. The summed E-state index contributed by atoms with van der Waals surface area (Å²) in [5.41, 5.74) is 4.07. The molecule has 272 valence electrons. The number of hydrogen-bond acceptors (Lipinski definition) is 8. The van der Waals surface area contributed by atoms with Crippen LogP contribution < -0.4 is 9.80 Å². The number of benzene rings is 4. The third-order valence-electron chi connectivity index (χ3n) is 11.4. The molecule has 6 aromatic rings. The van der Waals surface area contributed by atoms with Crippen molar-refractivity contribution < 1.29 is 9.59 Å². The van der Waals surface area contributed by atoms with Crippen LogP contribution in [0.5, 0.6) is 0 Å². The Labute approximate surface area is 315 Å². The molecule has 2 amide bonds. The maximum absolute atomic E-state index is 12.0. The zero-order valence-electron chi connectivity index (χ0n) is 30.4. The van der Waals surface area contributed by atoms with Crippen molar-refractivity contribution in [2.45, 2.75) is 50.6 Å². The number of rotatable bonds is 6. The molecule has 4 aliphatic rings. The minimum absolute atomic E-state index is 0.299. The predicted molar refractivity (Wildman–Crippen MR) is 213 cm³/mol. The van der Waals surface area contributed by atoms with E-state index in [1.54, 1.807) is 0 Å². The summed E-state index contributed by atoms with van der Waals surface area (Å²) in [6.07, 6.45) is 9.04. The first-order chi connectivity index (χ1) is 26.6. The Bertz CT molecular complexity index is 2170. The molecule has 0 radical (unpaired) electrons. The molecule has 6 heterocycles. The summed E-state index contributed by atoms with van der Waals surface area (Å²) in [5, 5.41) is 4.88.